The lowest BCUT2D eigenvalue weighted by atomic mass is 9.86. The SMILES string of the molecule is CCCCOC(=O)C(C)(C)CCc1ccccc1. The molecule has 0 N–H and O–H groups in total. The van der Waals surface area contributed by atoms with Crippen LogP contribution in [0.15, 0.2) is 30.3 Å². The average molecular weight is 248 g/mol. The van der Waals surface area contributed by atoms with Gasteiger partial charge in [-0.15, -0.1) is 0 Å². The molecule has 18 heavy (non-hydrogen) atoms. The van der Waals surface area contributed by atoms with Gasteiger partial charge in [0.15, 0.2) is 0 Å². The first kappa shape index (κ1) is 14.7. The molecule has 0 amide bonds. The second-order valence-corrected chi connectivity index (χ2v) is 5.36. The van der Waals surface area contributed by atoms with E-state index in [1.807, 2.05) is 32.0 Å². The van der Waals surface area contributed by atoms with Crippen LogP contribution >= 0.6 is 0 Å². The van der Waals surface area contributed by atoms with Crippen molar-refractivity contribution in [2.75, 3.05) is 6.61 Å². The van der Waals surface area contributed by atoms with Crippen molar-refractivity contribution in [3.8, 4) is 0 Å². The second-order valence-electron chi connectivity index (χ2n) is 5.36. The molecule has 1 rings (SSSR count). The molecule has 0 radical (unpaired) electrons. The summed E-state index contributed by atoms with van der Waals surface area (Å²) in [5, 5.41) is 0. The minimum atomic E-state index is -0.399. The fraction of sp³-hybridized carbons (Fsp3) is 0.562. The van der Waals surface area contributed by atoms with Gasteiger partial charge in [0.1, 0.15) is 0 Å². The average Bonchev–Trinajstić information content (AvgIpc) is 2.38. The summed E-state index contributed by atoms with van der Waals surface area (Å²) in [4.78, 5) is 11.9. The Morgan fingerprint density at radius 3 is 2.50 bits per heavy atom. The maximum absolute atomic E-state index is 11.9. The molecule has 2 heteroatoms. The summed E-state index contributed by atoms with van der Waals surface area (Å²) in [7, 11) is 0. The van der Waals surface area contributed by atoms with E-state index in [0.717, 1.165) is 25.7 Å². The number of ether oxygens (including phenoxy) is 1. The molecule has 0 heterocycles. The largest absolute Gasteiger partial charge is 0.465 e. The summed E-state index contributed by atoms with van der Waals surface area (Å²) in [5.74, 6) is -0.0770. The van der Waals surface area contributed by atoms with E-state index in [4.69, 9.17) is 4.74 Å². The standard InChI is InChI=1S/C16H24O2/c1-4-5-13-18-15(17)16(2,3)12-11-14-9-7-6-8-10-14/h6-10H,4-5,11-13H2,1-3H3. The highest BCUT2D eigenvalue weighted by atomic mass is 16.5. The van der Waals surface area contributed by atoms with Crippen LogP contribution in [-0.4, -0.2) is 12.6 Å². The number of benzene rings is 1. The van der Waals surface area contributed by atoms with E-state index in [0.29, 0.717) is 6.61 Å². The third kappa shape index (κ3) is 4.91. The molecule has 0 atom stereocenters. The highest BCUT2D eigenvalue weighted by Crippen LogP contribution is 2.24. The maximum Gasteiger partial charge on any atom is 0.311 e. The second kappa shape index (κ2) is 7.20. The third-order valence-electron chi connectivity index (χ3n) is 3.17. The Balaban J connectivity index is 2.41. The van der Waals surface area contributed by atoms with Crippen LogP contribution in [0.4, 0.5) is 0 Å². The lowest BCUT2D eigenvalue weighted by molar-refractivity contribution is -0.154. The topological polar surface area (TPSA) is 26.3 Å². The Hall–Kier alpha value is -1.31. The van der Waals surface area contributed by atoms with Crippen molar-refractivity contribution in [3.63, 3.8) is 0 Å². The third-order valence-corrected chi connectivity index (χ3v) is 3.17. The number of hydrogen-bond acceptors (Lipinski definition) is 2. The fourth-order valence-electron chi connectivity index (χ4n) is 1.71. The van der Waals surface area contributed by atoms with Crippen molar-refractivity contribution < 1.29 is 9.53 Å². The van der Waals surface area contributed by atoms with Gasteiger partial charge >= 0.3 is 5.97 Å². The van der Waals surface area contributed by atoms with Crippen molar-refractivity contribution in [1.29, 1.82) is 0 Å². The predicted molar refractivity (Wildman–Crippen MR) is 74.4 cm³/mol. The zero-order valence-corrected chi connectivity index (χ0v) is 11.7. The smallest absolute Gasteiger partial charge is 0.311 e. The zero-order chi connectivity index (χ0) is 13.4. The Morgan fingerprint density at radius 1 is 1.22 bits per heavy atom. The van der Waals surface area contributed by atoms with Crippen LogP contribution in [0, 0.1) is 5.41 Å². The normalized spacial score (nSPS) is 11.3. The molecule has 0 aliphatic carbocycles. The molecule has 0 aliphatic rings. The van der Waals surface area contributed by atoms with Gasteiger partial charge in [-0.05, 0) is 38.7 Å². The van der Waals surface area contributed by atoms with Crippen LogP contribution in [0.2, 0.25) is 0 Å². The van der Waals surface area contributed by atoms with E-state index >= 15 is 0 Å². The van der Waals surface area contributed by atoms with Gasteiger partial charge in [-0.2, -0.15) is 0 Å². The summed E-state index contributed by atoms with van der Waals surface area (Å²) < 4.78 is 5.30. The predicted octanol–water partition coefficient (Wildman–Crippen LogP) is 3.99. The number of rotatable bonds is 7. The van der Waals surface area contributed by atoms with Crippen LogP contribution in [0.25, 0.3) is 0 Å². The summed E-state index contributed by atoms with van der Waals surface area (Å²) in [6.45, 7) is 6.56. The molecule has 1 aromatic carbocycles. The molecule has 0 bridgehead atoms. The Labute approximate surface area is 110 Å². The molecule has 0 fully saturated rings. The Morgan fingerprint density at radius 2 is 1.89 bits per heavy atom. The molecular formula is C16H24O2. The van der Waals surface area contributed by atoms with E-state index in [9.17, 15) is 4.79 Å². The molecule has 0 spiro atoms. The van der Waals surface area contributed by atoms with Gasteiger partial charge in [0.05, 0.1) is 12.0 Å². The lowest BCUT2D eigenvalue weighted by Crippen LogP contribution is -2.27. The fourth-order valence-corrected chi connectivity index (χ4v) is 1.71. The van der Waals surface area contributed by atoms with Gasteiger partial charge in [0.25, 0.3) is 0 Å². The number of unbranched alkanes of at least 4 members (excludes halogenated alkanes) is 1. The van der Waals surface area contributed by atoms with E-state index in [1.54, 1.807) is 0 Å². The van der Waals surface area contributed by atoms with Crippen LogP contribution in [0.1, 0.15) is 45.6 Å². The first-order valence-electron chi connectivity index (χ1n) is 6.77. The summed E-state index contributed by atoms with van der Waals surface area (Å²) >= 11 is 0. The molecule has 100 valence electrons. The molecule has 2 nitrogen and oxygen atoms in total. The van der Waals surface area contributed by atoms with E-state index in [2.05, 4.69) is 19.1 Å². The van der Waals surface area contributed by atoms with Crippen LogP contribution in [0.5, 0.6) is 0 Å². The van der Waals surface area contributed by atoms with Crippen molar-refractivity contribution in [3.05, 3.63) is 35.9 Å². The van der Waals surface area contributed by atoms with E-state index in [-0.39, 0.29) is 5.97 Å². The quantitative estimate of drug-likeness (QED) is 0.538. The minimum Gasteiger partial charge on any atom is -0.465 e. The maximum atomic E-state index is 11.9. The zero-order valence-electron chi connectivity index (χ0n) is 11.7. The number of carbonyl (C=O) groups excluding carboxylic acids is 1. The first-order chi connectivity index (χ1) is 8.56. The molecule has 1 aromatic rings. The lowest BCUT2D eigenvalue weighted by Gasteiger charge is -2.22. The highest BCUT2D eigenvalue weighted by molar-refractivity contribution is 5.75. The summed E-state index contributed by atoms with van der Waals surface area (Å²) in [5.41, 5.74) is 0.871. The Bertz CT molecular complexity index is 355. The molecule has 0 aliphatic heterocycles. The highest BCUT2D eigenvalue weighted by Gasteiger charge is 2.28. The monoisotopic (exact) mass is 248 g/mol. The van der Waals surface area contributed by atoms with Crippen LogP contribution < -0.4 is 0 Å². The molecular weight excluding hydrogens is 224 g/mol. The Kier molecular flexibility index (Phi) is 5.90. The van der Waals surface area contributed by atoms with E-state index < -0.39 is 5.41 Å². The van der Waals surface area contributed by atoms with Crippen LogP contribution in [0.3, 0.4) is 0 Å². The van der Waals surface area contributed by atoms with Gasteiger partial charge in [-0.25, -0.2) is 0 Å². The van der Waals surface area contributed by atoms with Gasteiger partial charge in [0.2, 0.25) is 0 Å². The summed E-state index contributed by atoms with van der Waals surface area (Å²) in [6, 6.07) is 10.3. The van der Waals surface area contributed by atoms with Crippen LogP contribution in [-0.2, 0) is 16.0 Å². The van der Waals surface area contributed by atoms with E-state index in [1.165, 1.54) is 5.56 Å². The molecule has 0 unspecified atom stereocenters. The number of esters is 1. The minimum absolute atomic E-state index is 0.0770. The van der Waals surface area contributed by atoms with Gasteiger partial charge < -0.3 is 4.74 Å². The van der Waals surface area contributed by atoms with Crippen molar-refractivity contribution in [2.24, 2.45) is 5.41 Å². The molecule has 0 aromatic heterocycles. The van der Waals surface area contributed by atoms with Crippen molar-refractivity contribution in [1.82, 2.24) is 0 Å². The molecule has 0 saturated carbocycles. The number of hydrogen-bond donors (Lipinski definition) is 0. The number of carbonyl (C=O) groups is 1. The van der Waals surface area contributed by atoms with Crippen molar-refractivity contribution in [2.45, 2.75) is 46.5 Å². The molecule has 0 saturated heterocycles. The summed E-state index contributed by atoms with van der Waals surface area (Å²) in [6.07, 6.45) is 3.73. The van der Waals surface area contributed by atoms with Crippen molar-refractivity contribution >= 4 is 5.97 Å². The first-order valence-corrected chi connectivity index (χ1v) is 6.77. The van der Waals surface area contributed by atoms with Gasteiger partial charge in [-0.3, -0.25) is 4.79 Å². The van der Waals surface area contributed by atoms with Gasteiger partial charge in [0, 0.05) is 0 Å². The van der Waals surface area contributed by atoms with Gasteiger partial charge in [-0.1, -0.05) is 43.7 Å². The number of aryl methyl sites for hydroxylation is 1.